The van der Waals surface area contributed by atoms with Crippen molar-refractivity contribution in [3.8, 4) is 0 Å². The monoisotopic (exact) mass is 324 g/mol. The number of hydrogen-bond donors (Lipinski definition) is 0. The van der Waals surface area contributed by atoms with Crippen LogP contribution < -0.4 is 0 Å². The summed E-state index contributed by atoms with van der Waals surface area (Å²) in [6.45, 7) is 3.92. The molecule has 0 amide bonds. The molecule has 0 aliphatic heterocycles. The second-order valence-electron chi connectivity index (χ2n) is 4.57. The van der Waals surface area contributed by atoms with E-state index in [9.17, 15) is 4.79 Å². The molecule has 0 heterocycles. The molecule has 2 aromatic rings. The fraction of sp³-hybridized carbons (Fsp3) is 0.188. The number of halogens is 2. The van der Waals surface area contributed by atoms with Gasteiger partial charge in [0, 0.05) is 15.5 Å². The Balaban J connectivity index is 2.16. The molecule has 0 bridgehead atoms. The largest absolute Gasteiger partial charge is 0.293 e. The molecule has 0 fully saturated rings. The molecule has 0 spiro atoms. The van der Waals surface area contributed by atoms with Crippen molar-refractivity contribution in [2.24, 2.45) is 0 Å². The maximum absolute atomic E-state index is 12.4. The Bertz CT molecular complexity index is 640. The zero-order chi connectivity index (χ0) is 14.7. The minimum atomic E-state index is -0.199. The highest BCUT2D eigenvalue weighted by molar-refractivity contribution is 8.00. The first-order valence-electron chi connectivity index (χ1n) is 6.20. The zero-order valence-electron chi connectivity index (χ0n) is 11.2. The van der Waals surface area contributed by atoms with Crippen molar-refractivity contribution in [3.63, 3.8) is 0 Å². The molecule has 0 radical (unpaired) electrons. The van der Waals surface area contributed by atoms with Crippen LogP contribution in [0.15, 0.2) is 47.4 Å². The summed E-state index contributed by atoms with van der Waals surface area (Å²) in [6, 6.07) is 13.1. The average molecular weight is 325 g/mol. The minimum absolute atomic E-state index is 0.0122. The van der Waals surface area contributed by atoms with Crippen LogP contribution in [0.4, 0.5) is 0 Å². The van der Waals surface area contributed by atoms with Gasteiger partial charge < -0.3 is 0 Å². The molecule has 0 N–H and O–H groups in total. The number of benzene rings is 2. The van der Waals surface area contributed by atoms with E-state index in [4.69, 9.17) is 23.2 Å². The van der Waals surface area contributed by atoms with Crippen molar-refractivity contribution >= 4 is 40.7 Å². The molecule has 0 aromatic heterocycles. The predicted molar refractivity (Wildman–Crippen MR) is 87.3 cm³/mol. The van der Waals surface area contributed by atoms with Crippen molar-refractivity contribution in [1.29, 1.82) is 0 Å². The maximum atomic E-state index is 12.4. The van der Waals surface area contributed by atoms with Crippen LogP contribution in [0.2, 0.25) is 10.0 Å². The van der Waals surface area contributed by atoms with Gasteiger partial charge in [-0.15, -0.1) is 11.8 Å². The number of ketones is 1. The van der Waals surface area contributed by atoms with Crippen LogP contribution in [-0.2, 0) is 0 Å². The lowest BCUT2D eigenvalue weighted by Gasteiger charge is -2.12. The van der Waals surface area contributed by atoms with Gasteiger partial charge in [0.05, 0.1) is 10.3 Å². The fourth-order valence-corrected chi connectivity index (χ4v) is 3.41. The van der Waals surface area contributed by atoms with E-state index in [1.54, 1.807) is 18.2 Å². The summed E-state index contributed by atoms with van der Waals surface area (Å²) in [5.74, 6) is 0.0122. The summed E-state index contributed by atoms with van der Waals surface area (Å²) >= 11 is 13.5. The van der Waals surface area contributed by atoms with Gasteiger partial charge in [0.1, 0.15) is 0 Å². The number of rotatable bonds is 4. The maximum Gasteiger partial charge on any atom is 0.177 e. The number of hydrogen-bond acceptors (Lipinski definition) is 2. The summed E-state index contributed by atoms with van der Waals surface area (Å²) in [6.07, 6.45) is 0. The van der Waals surface area contributed by atoms with Crippen LogP contribution >= 0.6 is 35.0 Å². The van der Waals surface area contributed by atoms with E-state index in [0.717, 1.165) is 4.90 Å². The van der Waals surface area contributed by atoms with Gasteiger partial charge in [-0.3, -0.25) is 4.79 Å². The molecule has 4 heteroatoms. The van der Waals surface area contributed by atoms with Crippen molar-refractivity contribution in [1.82, 2.24) is 0 Å². The third-order valence-corrected chi connectivity index (χ3v) is 4.51. The third-order valence-electron chi connectivity index (χ3n) is 2.87. The van der Waals surface area contributed by atoms with E-state index in [2.05, 4.69) is 6.07 Å². The number of aryl methyl sites for hydroxylation is 1. The molecule has 1 nitrogen and oxygen atoms in total. The molecule has 1 atom stereocenters. The fourth-order valence-electron chi connectivity index (χ4n) is 1.85. The molecule has 2 aromatic carbocycles. The lowest BCUT2D eigenvalue weighted by Crippen LogP contribution is -2.13. The van der Waals surface area contributed by atoms with Gasteiger partial charge in [-0.2, -0.15) is 0 Å². The molecule has 104 valence electrons. The smallest absolute Gasteiger partial charge is 0.177 e. The Morgan fingerprint density at radius 3 is 2.55 bits per heavy atom. The lowest BCUT2D eigenvalue weighted by molar-refractivity contribution is 0.0994. The van der Waals surface area contributed by atoms with Crippen molar-refractivity contribution in [2.45, 2.75) is 24.0 Å². The van der Waals surface area contributed by atoms with E-state index in [1.165, 1.54) is 17.3 Å². The summed E-state index contributed by atoms with van der Waals surface area (Å²) in [5.41, 5.74) is 1.70. The molecule has 20 heavy (non-hydrogen) atoms. The van der Waals surface area contributed by atoms with Crippen LogP contribution in [-0.4, -0.2) is 11.0 Å². The van der Waals surface area contributed by atoms with Gasteiger partial charge in [0.2, 0.25) is 0 Å². The van der Waals surface area contributed by atoms with Crippen LogP contribution in [0, 0.1) is 6.92 Å². The second-order valence-corrected chi connectivity index (χ2v) is 6.82. The molecular formula is C16H14Cl2OS. The van der Waals surface area contributed by atoms with Gasteiger partial charge in [-0.25, -0.2) is 0 Å². The SMILES string of the molecule is Cc1cccc(SC(C)C(=O)c2ccc(Cl)cc2Cl)c1. The molecular weight excluding hydrogens is 311 g/mol. The highest BCUT2D eigenvalue weighted by Crippen LogP contribution is 2.29. The Kier molecular flexibility index (Phi) is 5.14. The Hall–Kier alpha value is -0.960. The lowest BCUT2D eigenvalue weighted by atomic mass is 10.1. The second kappa shape index (κ2) is 6.66. The highest BCUT2D eigenvalue weighted by Gasteiger charge is 2.19. The van der Waals surface area contributed by atoms with Crippen LogP contribution in [0.1, 0.15) is 22.8 Å². The Labute approximate surface area is 133 Å². The van der Waals surface area contributed by atoms with E-state index in [-0.39, 0.29) is 11.0 Å². The summed E-state index contributed by atoms with van der Waals surface area (Å²) in [4.78, 5) is 13.5. The van der Waals surface area contributed by atoms with Crippen molar-refractivity contribution in [3.05, 3.63) is 63.6 Å². The number of thioether (sulfide) groups is 1. The van der Waals surface area contributed by atoms with Crippen molar-refractivity contribution in [2.75, 3.05) is 0 Å². The van der Waals surface area contributed by atoms with E-state index >= 15 is 0 Å². The Morgan fingerprint density at radius 2 is 1.90 bits per heavy atom. The van der Waals surface area contributed by atoms with E-state index in [0.29, 0.717) is 15.6 Å². The minimum Gasteiger partial charge on any atom is -0.293 e. The standard InChI is InChI=1S/C16H14Cl2OS/c1-10-4-3-5-13(8-10)20-11(2)16(19)14-7-6-12(17)9-15(14)18/h3-9,11H,1-2H3. The molecule has 0 saturated carbocycles. The first kappa shape index (κ1) is 15.4. The van der Waals surface area contributed by atoms with Crippen LogP contribution in [0.3, 0.4) is 0 Å². The quantitative estimate of drug-likeness (QED) is 0.532. The van der Waals surface area contributed by atoms with Crippen molar-refractivity contribution < 1.29 is 4.79 Å². The molecule has 0 aliphatic carbocycles. The molecule has 0 aliphatic rings. The topological polar surface area (TPSA) is 17.1 Å². The highest BCUT2D eigenvalue weighted by atomic mass is 35.5. The molecule has 1 unspecified atom stereocenters. The third kappa shape index (κ3) is 3.78. The summed E-state index contributed by atoms with van der Waals surface area (Å²) in [5, 5.41) is 0.736. The van der Waals surface area contributed by atoms with Gasteiger partial charge >= 0.3 is 0 Å². The zero-order valence-corrected chi connectivity index (χ0v) is 13.5. The number of Topliss-reactive ketones (excluding diaryl/α,β-unsaturated/α-hetero) is 1. The average Bonchev–Trinajstić information content (AvgIpc) is 2.38. The van der Waals surface area contributed by atoms with Gasteiger partial charge in [0.15, 0.2) is 5.78 Å². The van der Waals surface area contributed by atoms with Gasteiger partial charge in [-0.05, 0) is 44.2 Å². The normalized spacial score (nSPS) is 12.2. The first-order valence-corrected chi connectivity index (χ1v) is 7.83. The van der Waals surface area contributed by atoms with Crippen LogP contribution in [0.25, 0.3) is 0 Å². The van der Waals surface area contributed by atoms with Crippen LogP contribution in [0.5, 0.6) is 0 Å². The predicted octanol–water partition coefficient (Wildman–Crippen LogP) is 5.67. The van der Waals surface area contributed by atoms with Gasteiger partial charge in [0.25, 0.3) is 0 Å². The molecule has 0 saturated heterocycles. The van der Waals surface area contributed by atoms with E-state index < -0.39 is 0 Å². The van der Waals surface area contributed by atoms with E-state index in [1.807, 2.05) is 32.0 Å². The van der Waals surface area contributed by atoms with Gasteiger partial charge in [-0.1, -0.05) is 40.9 Å². The number of carbonyl (C=O) groups is 1. The summed E-state index contributed by atoms with van der Waals surface area (Å²) in [7, 11) is 0. The number of carbonyl (C=O) groups excluding carboxylic acids is 1. The molecule has 2 rings (SSSR count). The summed E-state index contributed by atoms with van der Waals surface area (Å²) < 4.78 is 0. The Morgan fingerprint density at radius 1 is 1.15 bits per heavy atom. The first-order chi connectivity index (χ1) is 9.47.